The van der Waals surface area contributed by atoms with E-state index in [0.717, 1.165) is 22.1 Å². The van der Waals surface area contributed by atoms with Gasteiger partial charge in [-0.05, 0) is 46.0 Å². The van der Waals surface area contributed by atoms with E-state index in [-0.39, 0.29) is 28.5 Å². The number of benzene rings is 2. The van der Waals surface area contributed by atoms with Gasteiger partial charge in [-0.2, -0.15) is 4.31 Å². The number of sulfonamides is 1. The fourth-order valence-corrected chi connectivity index (χ4v) is 7.44. The molecule has 5 nitrogen and oxygen atoms in total. The third-order valence-electron chi connectivity index (χ3n) is 6.51. The number of hydrogen-bond acceptors (Lipinski definition) is 4. The Morgan fingerprint density at radius 1 is 1.00 bits per heavy atom. The fourth-order valence-electron chi connectivity index (χ4n) is 5.11. The van der Waals surface area contributed by atoms with Crippen molar-refractivity contribution in [2.75, 3.05) is 20.1 Å². The summed E-state index contributed by atoms with van der Waals surface area (Å²) in [6, 6.07) is 20.5. The van der Waals surface area contributed by atoms with Crippen molar-refractivity contribution in [1.29, 1.82) is 0 Å². The highest BCUT2D eigenvalue weighted by molar-refractivity contribution is 7.91. The minimum absolute atomic E-state index is 0.186. The number of nitrogens with zero attached hydrogens (tertiary/aromatic N) is 1. The molecule has 2 aromatic carbocycles. The van der Waals surface area contributed by atoms with Gasteiger partial charge in [-0.1, -0.05) is 54.6 Å². The van der Waals surface area contributed by atoms with E-state index in [2.05, 4.69) is 53.8 Å². The minimum atomic E-state index is -3.63. The number of hydrogen-bond donors (Lipinski definition) is 1. The van der Waals surface area contributed by atoms with Gasteiger partial charge in [-0.25, -0.2) is 8.42 Å². The number of carbonyl (C=O) groups is 1. The van der Waals surface area contributed by atoms with E-state index in [9.17, 15) is 13.2 Å². The molecule has 0 saturated heterocycles. The van der Waals surface area contributed by atoms with Gasteiger partial charge in [0.05, 0.1) is 6.54 Å². The quantitative estimate of drug-likeness (QED) is 0.619. The van der Waals surface area contributed by atoms with E-state index < -0.39 is 10.0 Å². The van der Waals surface area contributed by atoms with Gasteiger partial charge >= 0.3 is 0 Å². The first kappa shape index (κ1) is 20.4. The lowest BCUT2D eigenvalue weighted by Crippen LogP contribution is -2.43. The van der Waals surface area contributed by atoms with Gasteiger partial charge in [-0.3, -0.25) is 4.79 Å². The Labute approximate surface area is 186 Å². The predicted octanol–water partition coefficient (Wildman–Crippen LogP) is 3.78. The first-order valence-corrected chi connectivity index (χ1v) is 12.7. The van der Waals surface area contributed by atoms with Crippen molar-refractivity contribution in [1.82, 2.24) is 9.62 Å². The van der Waals surface area contributed by atoms with Crippen LogP contribution in [0.1, 0.15) is 40.5 Å². The summed E-state index contributed by atoms with van der Waals surface area (Å²) in [5.74, 6) is 0.620. The Bertz CT molecular complexity index is 1170. The molecule has 1 N–H and O–H groups in total. The zero-order chi connectivity index (χ0) is 21.6. The summed E-state index contributed by atoms with van der Waals surface area (Å²) in [6.45, 7) is 0.351. The highest BCUT2D eigenvalue weighted by atomic mass is 32.2. The maximum absolute atomic E-state index is 12.6. The van der Waals surface area contributed by atoms with Gasteiger partial charge in [0.2, 0.25) is 5.91 Å². The van der Waals surface area contributed by atoms with Crippen LogP contribution >= 0.6 is 11.3 Å². The SMILES string of the molecule is CN(CC(=O)NC[C@@H]1CC2c3ccccc3C1c1ccccc12)S(=O)(=O)c1cccs1. The van der Waals surface area contributed by atoms with E-state index in [4.69, 9.17) is 0 Å². The van der Waals surface area contributed by atoms with Crippen molar-refractivity contribution in [3.63, 3.8) is 0 Å². The van der Waals surface area contributed by atoms with Crippen molar-refractivity contribution in [3.8, 4) is 0 Å². The number of nitrogens with one attached hydrogen (secondary N) is 1. The minimum Gasteiger partial charge on any atom is -0.355 e. The molecule has 0 saturated carbocycles. The largest absolute Gasteiger partial charge is 0.355 e. The molecule has 7 heteroatoms. The normalized spacial score (nSPS) is 21.5. The molecule has 0 spiro atoms. The Balaban J connectivity index is 1.30. The van der Waals surface area contributed by atoms with Crippen LogP contribution in [0.4, 0.5) is 0 Å². The molecular weight excluding hydrogens is 428 g/mol. The first-order chi connectivity index (χ1) is 15.0. The molecule has 6 rings (SSSR count). The van der Waals surface area contributed by atoms with Gasteiger partial charge in [-0.15, -0.1) is 11.3 Å². The van der Waals surface area contributed by atoms with E-state index in [0.29, 0.717) is 12.5 Å². The number of amides is 1. The highest BCUT2D eigenvalue weighted by Crippen LogP contribution is 2.55. The van der Waals surface area contributed by atoms with Crippen LogP contribution in [0.3, 0.4) is 0 Å². The van der Waals surface area contributed by atoms with Gasteiger partial charge in [0, 0.05) is 25.4 Å². The third-order valence-corrected chi connectivity index (χ3v) is 9.69. The Kier molecular flexibility index (Phi) is 5.20. The van der Waals surface area contributed by atoms with Crippen LogP contribution in [-0.2, 0) is 14.8 Å². The summed E-state index contributed by atoms with van der Waals surface area (Å²) in [5, 5.41) is 4.72. The summed E-state index contributed by atoms with van der Waals surface area (Å²) in [5.41, 5.74) is 5.51. The molecule has 1 heterocycles. The van der Waals surface area contributed by atoms with Crippen LogP contribution in [-0.4, -0.2) is 38.8 Å². The molecule has 1 amide bonds. The third kappa shape index (κ3) is 3.50. The topological polar surface area (TPSA) is 66.5 Å². The highest BCUT2D eigenvalue weighted by Gasteiger charge is 2.42. The monoisotopic (exact) mass is 452 g/mol. The van der Waals surface area contributed by atoms with Gasteiger partial charge in [0.15, 0.2) is 0 Å². The molecule has 3 aliphatic carbocycles. The lowest BCUT2D eigenvalue weighted by molar-refractivity contribution is -0.121. The zero-order valence-electron chi connectivity index (χ0n) is 17.2. The maximum atomic E-state index is 12.6. The van der Waals surface area contributed by atoms with Crippen molar-refractivity contribution in [2.24, 2.45) is 5.92 Å². The van der Waals surface area contributed by atoms with Crippen molar-refractivity contribution >= 4 is 27.3 Å². The summed E-state index contributed by atoms with van der Waals surface area (Å²) in [6.07, 6.45) is 0.988. The summed E-state index contributed by atoms with van der Waals surface area (Å²) >= 11 is 1.16. The maximum Gasteiger partial charge on any atom is 0.252 e. The van der Waals surface area contributed by atoms with Gasteiger partial charge < -0.3 is 5.32 Å². The molecule has 3 aromatic rings. The fraction of sp³-hybridized carbons (Fsp3) is 0.292. The number of rotatable bonds is 6. The van der Waals surface area contributed by atoms with Crippen LogP contribution < -0.4 is 5.32 Å². The van der Waals surface area contributed by atoms with Crippen LogP contribution in [0.15, 0.2) is 70.3 Å². The van der Waals surface area contributed by atoms with E-state index in [1.807, 2.05) is 0 Å². The molecule has 160 valence electrons. The number of likely N-dealkylation sites (N-methyl/N-ethyl adjacent to an activating group) is 1. The second kappa shape index (κ2) is 7.89. The molecule has 0 radical (unpaired) electrons. The summed E-state index contributed by atoms with van der Waals surface area (Å²) in [4.78, 5) is 12.6. The predicted molar refractivity (Wildman–Crippen MR) is 122 cm³/mol. The lowest BCUT2D eigenvalue weighted by atomic mass is 9.59. The first-order valence-electron chi connectivity index (χ1n) is 10.4. The molecule has 3 aliphatic rings. The van der Waals surface area contributed by atoms with Crippen molar-refractivity contribution < 1.29 is 13.2 Å². The van der Waals surface area contributed by atoms with Crippen molar-refractivity contribution in [2.45, 2.75) is 22.5 Å². The molecule has 2 bridgehead atoms. The van der Waals surface area contributed by atoms with E-state index in [1.54, 1.807) is 17.5 Å². The Morgan fingerprint density at radius 3 is 2.19 bits per heavy atom. The molecule has 0 unspecified atom stereocenters. The van der Waals surface area contributed by atoms with E-state index >= 15 is 0 Å². The molecular formula is C24H24N2O3S2. The van der Waals surface area contributed by atoms with Gasteiger partial charge in [0.25, 0.3) is 10.0 Å². The molecule has 1 aromatic heterocycles. The molecule has 0 aliphatic heterocycles. The van der Waals surface area contributed by atoms with Crippen molar-refractivity contribution in [3.05, 3.63) is 88.3 Å². The lowest BCUT2D eigenvalue weighted by Gasteiger charge is -2.45. The average Bonchev–Trinajstić information content (AvgIpc) is 3.34. The molecule has 1 atom stereocenters. The second-order valence-electron chi connectivity index (χ2n) is 8.28. The number of fused-ring (bicyclic) bond motifs is 1. The Hall–Kier alpha value is -2.48. The average molecular weight is 453 g/mol. The summed E-state index contributed by atoms with van der Waals surface area (Å²) in [7, 11) is -2.18. The number of carbonyl (C=O) groups excluding carboxylic acids is 1. The summed E-state index contributed by atoms with van der Waals surface area (Å²) < 4.78 is 26.5. The van der Waals surface area contributed by atoms with Crippen LogP contribution in [0.25, 0.3) is 0 Å². The second-order valence-corrected chi connectivity index (χ2v) is 11.5. The number of thiophene rings is 1. The van der Waals surface area contributed by atoms with Crippen LogP contribution in [0.2, 0.25) is 0 Å². The van der Waals surface area contributed by atoms with Crippen LogP contribution in [0.5, 0.6) is 0 Å². The zero-order valence-corrected chi connectivity index (χ0v) is 18.8. The van der Waals surface area contributed by atoms with Crippen LogP contribution in [0, 0.1) is 5.92 Å². The van der Waals surface area contributed by atoms with E-state index in [1.165, 1.54) is 29.3 Å². The standard InChI is InChI=1S/C24H24N2O3S2/c1-26(31(28,29)23-11-6-12-30-23)15-22(27)25-14-16-13-21-17-7-2-4-9-19(17)24(16)20-10-5-3-8-18(20)21/h2-12,16,21,24H,13-15H2,1H3,(H,25,27)/t16-,21?,24?/m0/s1. The molecule has 0 fully saturated rings. The van der Waals surface area contributed by atoms with Gasteiger partial charge in [0.1, 0.15) is 4.21 Å². The molecule has 31 heavy (non-hydrogen) atoms. The smallest absolute Gasteiger partial charge is 0.252 e. The Morgan fingerprint density at radius 2 is 1.61 bits per heavy atom.